The van der Waals surface area contributed by atoms with E-state index in [1.165, 1.54) is 16.4 Å². The van der Waals surface area contributed by atoms with Crippen molar-refractivity contribution in [1.82, 2.24) is 14.8 Å². The molecule has 17 heavy (non-hydrogen) atoms. The number of H-pyrrole nitrogens is 1. The molecule has 0 unspecified atom stereocenters. The van der Waals surface area contributed by atoms with E-state index < -0.39 is 16.5 Å². The van der Waals surface area contributed by atoms with Gasteiger partial charge in [0.25, 0.3) is 0 Å². The maximum atomic E-state index is 11.1. The maximum absolute atomic E-state index is 11.1. The van der Waals surface area contributed by atoms with E-state index in [0.29, 0.717) is 17.3 Å². The molecule has 0 amide bonds. The molecule has 0 aromatic carbocycles. The summed E-state index contributed by atoms with van der Waals surface area (Å²) in [7, 11) is 1.62. The van der Waals surface area contributed by atoms with Crippen molar-refractivity contribution < 1.29 is 0 Å². The lowest BCUT2D eigenvalue weighted by molar-refractivity contribution is 0.481. The highest BCUT2D eigenvalue weighted by Crippen LogP contribution is 2.23. The van der Waals surface area contributed by atoms with Crippen molar-refractivity contribution >= 4 is 11.8 Å². The molecule has 0 saturated heterocycles. The zero-order valence-corrected chi connectivity index (χ0v) is 10.8. The number of nitriles is 1. The summed E-state index contributed by atoms with van der Waals surface area (Å²) in [5, 5.41) is 11.7. The van der Waals surface area contributed by atoms with Gasteiger partial charge < -0.3 is 0 Å². The van der Waals surface area contributed by atoms with E-state index in [4.69, 9.17) is 5.26 Å². The van der Waals surface area contributed by atoms with Crippen LogP contribution in [0.4, 0.5) is 0 Å². The third-order valence-electron chi connectivity index (χ3n) is 2.21. The van der Waals surface area contributed by atoms with Crippen LogP contribution in [0.15, 0.2) is 14.7 Å². The average Bonchev–Trinajstić information content (AvgIpc) is 2.25. The highest BCUT2D eigenvalue weighted by molar-refractivity contribution is 7.99. The Bertz CT molecular complexity index is 553. The van der Waals surface area contributed by atoms with Crippen molar-refractivity contribution in [2.24, 2.45) is 12.5 Å². The Morgan fingerprint density at radius 1 is 1.53 bits per heavy atom. The van der Waals surface area contributed by atoms with Crippen molar-refractivity contribution in [1.29, 1.82) is 5.26 Å². The molecule has 1 aromatic heterocycles. The van der Waals surface area contributed by atoms with Crippen molar-refractivity contribution in [3.8, 4) is 6.07 Å². The van der Waals surface area contributed by atoms with Gasteiger partial charge in [-0.15, -0.1) is 0 Å². The summed E-state index contributed by atoms with van der Waals surface area (Å²) in [6, 6.07) is 2.20. The second-order valence-corrected chi connectivity index (χ2v) is 5.36. The molecule has 0 atom stereocenters. The first-order valence-corrected chi connectivity index (χ1v) is 6.06. The number of aromatic amines is 1. The van der Waals surface area contributed by atoms with Gasteiger partial charge in [0.05, 0.1) is 11.5 Å². The Hall–Kier alpha value is -1.55. The fraction of sp³-hybridized carbons (Fsp3) is 0.600. The summed E-state index contributed by atoms with van der Waals surface area (Å²) >= 11 is 1.34. The molecule has 0 aliphatic rings. The topological polar surface area (TPSA) is 91.5 Å². The predicted molar refractivity (Wildman–Crippen MR) is 64.8 cm³/mol. The summed E-state index contributed by atoms with van der Waals surface area (Å²) in [6.45, 7) is 3.71. The van der Waals surface area contributed by atoms with E-state index in [9.17, 15) is 9.59 Å². The number of nitrogens with one attached hydrogen (secondary N) is 1. The Morgan fingerprint density at radius 2 is 2.18 bits per heavy atom. The maximum Gasteiger partial charge on any atom is 0.339 e. The molecule has 0 aliphatic heterocycles. The van der Waals surface area contributed by atoms with Crippen LogP contribution in [0.5, 0.6) is 0 Å². The summed E-state index contributed by atoms with van der Waals surface area (Å²) < 4.78 is 1.41. The van der Waals surface area contributed by atoms with Crippen LogP contribution in [0.25, 0.3) is 0 Å². The first kappa shape index (κ1) is 13.5. The third-order valence-corrected chi connectivity index (χ3v) is 3.24. The molecule has 6 nitrogen and oxygen atoms in total. The fourth-order valence-electron chi connectivity index (χ4n) is 1.04. The lowest BCUT2D eigenvalue weighted by Gasteiger charge is -2.14. The fourth-order valence-corrected chi connectivity index (χ4v) is 2.22. The monoisotopic (exact) mass is 254 g/mol. The van der Waals surface area contributed by atoms with Crippen LogP contribution in [-0.4, -0.2) is 20.5 Å². The van der Waals surface area contributed by atoms with Crippen LogP contribution in [-0.2, 0) is 7.05 Å². The number of hydrogen-bond donors (Lipinski definition) is 1. The second-order valence-electron chi connectivity index (χ2n) is 4.29. The molecule has 0 aliphatic carbocycles. The van der Waals surface area contributed by atoms with E-state index in [1.54, 1.807) is 7.05 Å². The summed E-state index contributed by atoms with van der Waals surface area (Å²) in [5.74, 6) is 0.660. The Balaban J connectivity index is 2.72. The van der Waals surface area contributed by atoms with Gasteiger partial charge in [0.15, 0.2) is 5.16 Å². The quantitative estimate of drug-likeness (QED) is 0.624. The molecule has 1 heterocycles. The lowest BCUT2D eigenvalue weighted by Crippen LogP contribution is -2.33. The molecule has 0 saturated carbocycles. The van der Waals surface area contributed by atoms with Crippen LogP contribution < -0.4 is 11.1 Å². The van der Waals surface area contributed by atoms with Gasteiger partial charge in [0.2, 0.25) is 0 Å². The normalized spacial score (nSPS) is 11.2. The van der Waals surface area contributed by atoms with Crippen molar-refractivity contribution in [2.75, 3.05) is 5.75 Å². The minimum absolute atomic E-state index is 0.395. The zero-order valence-electron chi connectivity index (χ0n) is 9.98. The van der Waals surface area contributed by atoms with E-state index in [2.05, 4.69) is 16.2 Å². The predicted octanol–water partition coefficient (Wildman–Crippen LogP) is 0.501. The van der Waals surface area contributed by atoms with Crippen LogP contribution in [0.1, 0.15) is 20.3 Å². The Labute approximate surface area is 103 Å². The first-order chi connectivity index (χ1) is 7.85. The van der Waals surface area contributed by atoms with Gasteiger partial charge in [-0.3, -0.25) is 19.4 Å². The van der Waals surface area contributed by atoms with E-state index in [-0.39, 0.29) is 0 Å². The SMILES string of the molecule is Cn1[nH]c(=O)c(=O)nc1SCCC(C)(C)C#N. The van der Waals surface area contributed by atoms with Gasteiger partial charge >= 0.3 is 11.1 Å². The molecular formula is C10H14N4O2S. The van der Waals surface area contributed by atoms with Crippen LogP contribution in [0.2, 0.25) is 0 Å². The molecule has 0 radical (unpaired) electrons. The molecule has 7 heteroatoms. The second kappa shape index (κ2) is 5.19. The molecule has 92 valence electrons. The number of aryl methyl sites for hydroxylation is 1. The minimum atomic E-state index is -0.787. The highest BCUT2D eigenvalue weighted by Gasteiger charge is 2.16. The molecular weight excluding hydrogens is 240 g/mol. The number of thioether (sulfide) groups is 1. The third kappa shape index (κ3) is 3.75. The van der Waals surface area contributed by atoms with Crippen LogP contribution in [0, 0.1) is 16.7 Å². The van der Waals surface area contributed by atoms with E-state index >= 15 is 0 Å². The molecule has 1 rings (SSSR count). The van der Waals surface area contributed by atoms with Gasteiger partial charge in [-0.1, -0.05) is 11.8 Å². The van der Waals surface area contributed by atoms with Crippen LogP contribution >= 0.6 is 11.8 Å². The first-order valence-electron chi connectivity index (χ1n) is 5.07. The van der Waals surface area contributed by atoms with Crippen molar-refractivity contribution in [2.45, 2.75) is 25.4 Å². The summed E-state index contributed by atoms with van der Waals surface area (Å²) in [6.07, 6.45) is 0.684. The van der Waals surface area contributed by atoms with E-state index in [0.717, 1.165) is 0 Å². The number of rotatable bonds is 4. The van der Waals surface area contributed by atoms with Gasteiger partial charge in [-0.05, 0) is 20.3 Å². The number of hydrogen-bond acceptors (Lipinski definition) is 5. The molecule has 1 N–H and O–H groups in total. The van der Waals surface area contributed by atoms with Gasteiger partial charge in [0, 0.05) is 12.8 Å². The van der Waals surface area contributed by atoms with Gasteiger partial charge in [-0.25, -0.2) is 0 Å². The number of nitrogens with zero attached hydrogens (tertiary/aromatic N) is 3. The Morgan fingerprint density at radius 3 is 2.76 bits per heavy atom. The standard InChI is InChI=1S/C10H14N4O2S/c1-10(2,6-11)4-5-17-9-12-7(15)8(16)13-14(9)3/h4-5H2,1-3H3,(H,13,16). The van der Waals surface area contributed by atoms with Crippen LogP contribution in [0.3, 0.4) is 0 Å². The molecule has 0 fully saturated rings. The van der Waals surface area contributed by atoms with E-state index in [1.807, 2.05) is 13.8 Å². The lowest BCUT2D eigenvalue weighted by atomic mass is 9.93. The summed E-state index contributed by atoms with van der Waals surface area (Å²) in [4.78, 5) is 25.7. The Kier molecular flexibility index (Phi) is 4.12. The molecule has 1 aromatic rings. The summed E-state index contributed by atoms with van der Waals surface area (Å²) in [5.41, 5.74) is -1.91. The van der Waals surface area contributed by atoms with Gasteiger partial charge in [-0.2, -0.15) is 10.2 Å². The highest BCUT2D eigenvalue weighted by atomic mass is 32.2. The van der Waals surface area contributed by atoms with Gasteiger partial charge in [0.1, 0.15) is 0 Å². The number of aromatic nitrogens is 3. The largest absolute Gasteiger partial charge is 0.339 e. The minimum Gasteiger partial charge on any atom is -0.265 e. The average molecular weight is 254 g/mol. The smallest absolute Gasteiger partial charge is 0.265 e. The van der Waals surface area contributed by atoms with Crippen molar-refractivity contribution in [3.05, 3.63) is 20.7 Å². The zero-order chi connectivity index (χ0) is 13.1. The van der Waals surface area contributed by atoms with Crippen molar-refractivity contribution in [3.63, 3.8) is 0 Å². The molecule has 0 bridgehead atoms. The molecule has 0 spiro atoms.